The van der Waals surface area contributed by atoms with Crippen LogP contribution in [0.4, 0.5) is 15.8 Å². The van der Waals surface area contributed by atoms with Crippen LogP contribution in [0.2, 0.25) is 0 Å². The number of rotatable bonds is 5. The molecule has 30 heavy (non-hydrogen) atoms. The summed E-state index contributed by atoms with van der Waals surface area (Å²) in [6.45, 7) is 0. The molecular weight excluding hydrogens is 467 g/mol. The van der Waals surface area contributed by atoms with Crippen molar-refractivity contribution >= 4 is 60.5 Å². The maximum absolute atomic E-state index is 13.2. The topological polar surface area (TPSA) is 58.2 Å². The van der Waals surface area contributed by atoms with E-state index in [-0.39, 0.29) is 24.1 Å². The summed E-state index contributed by atoms with van der Waals surface area (Å²) in [6, 6.07) is 20.6. The number of carbonyl (C=O) groups is 2. The van der Waals surface area contributed by atoms with Crippen molar-refractivity contribution in [1.82, 2.24) is 0 Å². The lowest BCUT2D eigenvalue weighted by atomic mass is 10.1. The molecule has 7 heteroatoms. The molecule has 2 N–H and O–H groups in total. The van der Waals surface area contributed by atoms with Crippen molar-refractivity contribution in [1.29, 1.82) is 0 Å². The molecule has 1 heterocycles. The van der Waals surface area contributed by atoms with Crippen molar-refractivity contribution in [3.05, 3.63) is 93.5 Å². The van der Waals surface area contributed by atoms with Crippen LogP contribution in [0.3, 0.4) is 0 Å². The molecule has 0 radical (unpaired) electrons. The number of anilines is 2. The number of hydrogen-bond donors (Lipinski definition) is 2. The van der Waals surface area contributed by atoms with E-state index in [1.807, 2.05) is 24.3 Å². The number of thiophene rings is 1. The van der Waals surface area contributed by atoms with Crippen molar-refractivity contribution < 1.29 is 14.0 Å². The molecule has 0 bridgehead atoms. The smallest absolute Gasteiger partial charge is 0.266 e. The molecule has 0 spiro atoms. The fourth-order valence-corrected chi connectivity index (χ4v) is 4.91. The van der Waals surface area contributed by atoms with Gasteiger partial charge >= 0.3 is 0 Å². The lowest BCUT2D eigenvalue weighted by Crippen LogP contribution is -2.14. The number of nitrogens with one attached hydrogen (secondary N) is 2. The second kappa shape index (κ2) is 8.77. The van der Waals surface area contributed by atoms with Gasteiger partial charge in [-0.25, -0.2) is 4.39 Å². The van der Waals surface area contributed by atoms with E-state index in [1.165, 1.54) is 23.5 Å². The van der Waals surface area contributed by atoms with Gasteiger partial charge in [-0.1, -0.05) is 30.3 Å². The highest BCUT2D eigenvalue weighted by atomic mass is 79.9. The summed E-state index contributed by atoms with van der Waals surface area (Å²) in [4.78, 5) is 25.4. The molecule has 0 aliphatic rings. The molecule has 0 atom stereocenters. The van der Waals surface area contributed by atoms with Crippen LogP contribution in [-0.4, -0.2) is 11.8 Å². The van der Waals surface area contributed by atoms with Crippen LogP contribution < -0.4 is 10.6 Å². The highest BCUT2D eigenvalue weighted by molar-refractivity contribution is 9.10. The fraction of sp³-hybridized carbons (Fsp3) is 0.0435. The van der Waals surface area contributed by atoms with E-state index in [0.29, 0.717) is 21.8 Å². The molecule has 0 aliphatic heterocycles. The van der Waals surface area contributed by atoms with Crippen molar-refractivity contribution in [2.45, 2.75) is 6.42 Å². The Balaban J connectivity index is 1.40. The van der Waals surface area contributed by atoms with Crippen LogP contribution in [0, 0.1) is 5.82 Å². The minimum absolute atomic E-state index is 0.0796. The van der Waals surface area contributed by atoms with E-state index < -0.39 is 0 Å². The monoisotopic (exact) mass is 482 g/mol. The second-order valence-corrected chi connectivity index (χ2v) is 8.47. The van der Waals surface area contributed by atoms with E-state index in [2.05, 4.69) is 26.6 Å². The summed E-state index contributed by atoms with van der Waals surface area (Å²) < 4.78 is 15.0. The molecule has 0 unspecified atom stereocenters. The van der Waals surface area contributed by atoms with Crippen molar-refractivity contribution in [2.75, 3.05) is 10.6 Å². The zero-order valence-electron chi connectivity index (χ0n) is 15.6. The van der Waals surface area contributed by atoms with Gasteiger partial charge in [0.15, 0.2) is 0 Å². The third-order valence-electron chi connectivity index (χ3n) is 4.42. The fourth-order valence-electron chi connectivity index (χ4n) is 3.02. The third-order valence-corrected chi connectivity index (χ3v) is 6.68. The number of benzene rings is 3. The molecule has 3 aromatic carbocycles. The quantitative estimate of drug-likeness (QED) is 0.353. The average molecular weight is 483 g/mol. The van der Waals surface area contributed by atoms with Crippen molar-refractivity contribution in [2.24, 2.45) is 0 Å². The summed E-state index contributed by atoms with van der Waals surface area (Å²) in [5.41, 5.74) is 1.82. The molecule has 4 aromatic rings. The number of carbonyl (C=O) groups excluding carboxylic acids is 2. The minimum Gasteiger partial charge on any atom is -0.326 e. The third kappa shape index (κ3) is 4.58. The Morgan fingerprint density at radius 3 is 2.30 bits per heavy atom. The summed E-state index contributed by atoms with van der Waals surface area (Å²) in [7, 11) is 0. The van der Waals surface area contributed by atoms with Gasteiger partial charge in [0.1, 0.15) is 10.7 Å². The SMILES string of the molecule is O=C(Cc1cccc(F)c1)Nc1ccc(NC(=O)c2sc3ccccc3c2Br)cc1. The Labute approximate surface area is 184 Å². The molecule has 1 aromatic heterocycles. The first-order valence-electron chi connectivity index (χ1n) is 9.12. The molecule has 150 valence electrons. The molecule has 4 rings (SSSR count). The number of amides is 2. The molecule has 0 aliphatic carbocycles. The molecule has 4 nitrogen and oxygen atoms in total. The number of hydrogen-bond acceptors (Lipinski definition) is 3. The van der Waals surface area contributed by atoms with Gasteiger partial charge in [-0.05, 0) is 64.0 Å². The van der Waals surface area contributed by atoms with Crippen LogP contribution in [-0.2, 0) is 11.2 Å². The van der Waals surface area contributed by atoms with E-state index in [4.69, 9.17) is 0 Å². The van der Waals surface area contributed by atoms with Gasteiger partial charge in [-0.15, -0.1) is 11.3 Å². The normalized spacial score (nSPS) is 10.7. The lowest BCUT2D eigenvalue weighted by Gasteiger charge is -2.08. The van der Waals surface area contributed by atoms with Gasteiger partial charge in [0.25, 0.3) is 5.91 Å². The summed E-state index contributed by atoms with van der Waals surface area (Å²) in [5, 5.41) is 6.65. The molecular formula is C23H16BrFN2O2S. The zero-order chi connectivity index (χ0) is 21.1. The van der Waals surface area contributed by atoms with Crippen LogP contribution >= 0.6 is 27.3 Å². The van der Waals surface area contributed by atoms with Crippen LogP contribution in [0.5, 0.6) is 0 Å². The number of halogens is 2. The first-order valence-corrected chi connectivity index (χ1v) is 10.7. The average Bonchev–Trinajstić information content (AvgIpc) is 3.06. The predicted octanol–water partition coefficient (Wildman–Crippen LogP) is 6.24. The summed E-state index contributed by atoms with van der Waals surface area (Å²) in [6.07, 6.45) is 0.0796. The van der Waals surface area contributed by atoms with Crippen LogP contribution in [0.1, 0.15) is 15.2 Å². The van der Waals surface area contributed by atoms with Gasteiger partial charge in [-0.2, -0.15) is 0 Å². The van der Waals surface area contributed by atoms with E-state index in [1.54, 1.807) is 36.4 Å². The van der Waals surface area contributed by atoms with Crippen LogP contribution in [0.25, 0.3) is 10.1 Å². The second-order valence-electron chi connectivity index (χ2n) is 6.63. The van der Waals surface area contributed by atoms with Crippen LogP contribution in [0.15, 0.2) is 77.3 Å². The Morgan fingerprint density at radius 2 is 1.60 bits per heavy atom. The van der Waals surface area contributed by atoms with E-state index >= 15 is 0 Å². The maximum atomic E-state index is 13.2. The molecule has 0 fully saturated rings. The van der Waals surface area contributed by atoms with Gasteiger partial charge in [0, 0.05) is 25.9 Å². The Morgan fingerprint density at radius 1 is 0.900 bits per heavy atom. The van der Waals surface area contributed by atoms with Gasteiger partial charge in [0.2, 0.25) is 5.91 Å². The summed E-state index contributed by atoms with van der Waals surface area (Å²) >= 11 is 4.94. The molecule has 0 saturated carbocycles. The summed E-state index contributed by atoms with van der Waals surface area (Å²) in [5.74, 6) is -0.816. The van der Waals surface area contributed by atoms with E-state index in [0.717, 1.165) is 14.6 Å². The Bertz CT molecular complexity index is 1240. The highest BCUT2D eigenvalue weighted by Gasteiger charge is 2.16. The zero-order valence-corrected chi connectivity index (χ0v) is 18.0. The van der Waals surface area contributed by atoms with Gasteiger partial charge in [-0.3, -0.25) is 9.59 Å². The van der Waals surface area contributed by atoms with Crippen molar-refractivity contribution in [3.63, 3.8) is 0 Å². The standard InChI is InChI=1S/C23H16BrFN2O2S/c24-21-18-6-1-2-7-19(18)30-22(21)23(29)27-17-10-8-16(9-11-17)26-20(28)13-14-4-3-5-15(25)12-14/h1-12H,13H2,(H,26,28)(H,27,29). The largest absolute Gasteiger partial charge is 0.326 e. The Kier molecular flexibility index (Phi) is 5.92. The van der Waals surface area contributed by atoms with E-state index in [9.17, 15) is 14.0 Å². The first kappa shape index (κ1) is 20.3. The molecule has 2 amide bonds. The van der Waals surface area contributed by atoms with Gasteiger partial charge < -0.3 is 10.6 Å². The minimum atomic E-state index is -0.370. The molecule has 0 saturated heterocycles. The highest BCUT2D eigenvalue weighted by Crippen LogP contribution is 2.35. The van der Waals surface area contributed by atoms with Gasteiger partial charge in [0.05, 0.1) is 6.42 Å². The predicted molar refractivity (Wildman–Crippen MR) is 123 cm³/mol. The first-order chi connectivity index (χ1) is 14.5. The lowest BCUT2D eigenvalue weighted by molar-refractivity contribution is -0.115. The van der Waals surface area contributed by atoms with Crippen molar-refractivity contribution in [3.8, 4) is 0 Å². The Hall–Kier alpha value is -3.03. The number of fused-ring (bicyclic) bond motifs is 1. The maximum Gasteiger partial charge on any atom is 0.266 e.